The molecule has 0 saturated carbocycles. The Balaban J connectivity index is 2.15. The molecular weight excluding hydrogens is 338 g/mol. The quantitative estimate of drug-likeness (QED) is 0.447. The van der Waals surface area contributed by atoms with Gasteiger partial charge in [0.25, 0.3) is 5.91 Å². The number of rotatable bonds is 4. The predicted molar refractivity (Wildman–Crippen MR) is 88.2 cm³/mol. The fraction of sp³-hybridized carbons (Fsp3) is 0. The molecule has 0 unspecified atom stereocenters. The van der Waals surface area contributed by atoms with Crippen LogP contribution in [0.2, 0.25) is 5.02 Å². The van der Waals surface area contributed by atoms with Gasteiger partial charge in [-0.3, -0.25) is 4.79 Å². The third-order valence-electron chi connectivity index (χ3n) is 2.92. The van der Waals surface area contributed by atoms with E-state index in [1.807, 2.05) is 0 Å². The highest BCUT2D eigenvalue weighted by atomic mass is 35.5. The van der Waals surface area contributed by atoms with Crippen molar-refractivity contribution in [3.8, 4) is 6.07 Å². The number of carbonyl (C=O) groups is 1. The van der Waals surface area contributed by atoms with Crippen molar-refractivity contribution in [2.24, 2.45) is 0 Å². The average molecular weight is 349 g/mol. The first-order valence-corrected chi connectivity index (χ1v) is 6.96. The summed E-state index contributed by atoms with van der Waals surface area (Å²) in [6.45, 7) is 0. The third-order valence-corrected chi connectivity index (χ3v) is 3.25. The van der Waals surface area contributed by atoms with Crippen molar-refractivity contribution in [2.45, 2.75) is 0 Å². The van der Waals surface area contributed by atoms with Crippen LogP contribution < -0.4 is 16.4 Å². The van der Waals surface area contributed by atoms with Crippen LogP contribution in [-0.4, -0.2) is 5.91 Å². The largest absolute Gasteiger partial charge is 0.398 e. The summed E-state index contributed by atoms with van der Waals surface area (Å²) in [6, 6.07) is 8.86. The van der Waals surface area contributed by atoms with Gasteiger partial charge in [0.05, 0.1) is 16.4 Å². The molecule has 24 heavy (non-hydrogen) atoms. The van der Waals surface area contributed by atoms with Crippen molar-refractivity contribution in [3.63, 3.8) is 0 Å². The Hall–Kier alpha value is -3.11. The number of carbonyl (C=O) groups excluding carboxylic acids is 1. The van der Waals surface area contributed by atoms with E-state index >= 15 is 0 Å². The molecule has 0 aliphatic rings. The maximum absolute atomic E-state index is 13.5. The Morgan fingerprint density at radius 1 is 1.25 bits per heavy atom. The summed E-state index contributed by atoms with van der Waals surface area (Å²) < 4.78 is 26.6. The molecule has 0 aliphatic heterocycles. The van der Waals surface area contributed by atoms with Gasteiger partial charge < -0.3 is 16.4 Å². The second-order valence-electron chi connectivity index (χ2n) is 4.63. The second-order valence-corrected chi connectivity index (χ2v) is 5.04. The number of benzene rings is 2. The van der Waals surface area contributed by atoms with Crippen LogP contribution in [0.15, 0.2) is 48.2 Å². The van der Waals surface area contributed by atoms with Gasteiger partial charge in [-0.15, -0.1) is 0 Å². The first kappa shape index (κ1) is 17.2. The summed E-state index contributed by atoms with van der Waals surface area (Å²) in [5, 5.41) is 14.1. The van der Waals surface area contributed by atoms with Crippen LogP contribution in [0.25, 0.3) is 0 Å². The van der Waals surface area contributed by atoms with Crippen LogP contribution in [0.4, 0.5) is 25.8 Å². The number of nitrogens with zero attached hydrogens (tertiary/aromatic N) is 1. The zero-order valence-electron chi connectivity index (χ0n) is 12.1. The molecule has 8 heteroatoms. The minimum atomic E-state index is -0.748. The topological polar surface area (TPSA) is 90.9 Å². The van der Waals surface area contributed by atoms with E-state index < -0.39 is 17.5 Å². The fourth-order valence-corrected chi connectivity index (χ4v) is 1.89. The number of amides is 1. The van der Waals surface area contributed by atoms with Crippen LogP contribution in [-0.2, 0) is 4.79 Å². The first-order chi connectivity index (χ1) is 11.4. The first-order valence-electron chi connectivity index (χ1n) is 6.59. The molecule has 0 bridgehead atoms. The summed E-state index contributed by atoms with van der Waals surface area (Å²) >= 11 is 5.84. The molecular formula is C16H11ClF2N4O. The fourth-order valence-electron chi connectivity index (χ4n) is 1.71. The van der Waals surface area contributed by atoms with Gasteiger partial charge in [0.15, 0.2) is 0 Å². The Morgan fingerprint density at radius 2 is 2.00 bits per heavy atom. The smallest absolute Gasteiger partial charge is 0.267 e. The van der Waals surface area contributed by atoms with Gasteiger partial charge in [0, 0.05) is 18.0 Å². The molecule has 0 saturated heterocycles. The van der Waals surface area contributed by atoms with E-state index in [4.69, 9.17) is 22.6 Å². The lowest BCUT2D eigenvalue weighted by Crippen LogP contribution is -2.14. The highest BCUT2D eigenvalue weighted by Gasteiger charge is 2.11. The van der Waals surface area contributed by atoms with Gasteiger partial charge in [0.1, 0.15) is 23.3 Å². The molecule has 0 fully saturated rings. The second kappa shape index (κ2) is 7.44. The van der Waals surface area contributed by atoms with Crippen LogP contribution in [0.5, 0.6) is 0 Å². The van der Waals surface area contributed by atoms with E-state index in [1.165, 1.54) is 18.2 Å². The van der Waals surface area contributed by atoms with Gasteiger partial charge in [-0.2, -0.15) is 5.26 Å². The maximum atomic E-state index is 13.5. The van der Waals surface area contributed by atoms with E-state index in [0.29, 0.717) is 11.4 Å². The number of hydrogen-bond acceptors (Lipinski definition) is 4. The monoisotopic (exact) mass is 348 g/mol. The number of halogens is 3. The Morgan fingerprint density at radius 3 is 2.67 bits per heavy atom. The molecule has 122 valence electrons. The van der Waals surface area contributed by atoms with E-state index in [9.17, 15) is 13.6 Å². The highest BCUT2D eigenvalue weighted by Crippen LogP contribution is 2.23. The Bertz CT molecular complexity index is 862. The minimum absolute atomic E-state index is 0.203. The van der Waals surface area contributed by atoms with Crippen molar-refractivity contribution in [1.29, 1.82) is 5.26 Å². The lowest BCUT2D eigenvalue weighted by molar-refractivity contribution is -0.112. The lowest BCUT2D eigenvalue weighted by Gasteiger charge is -2.07. The lowest BCUT2D eigenvalue weighted by atomic mass is 10.2. The van der Waals surface area contributed by atoms with Crippen LogP contribution >= 0.6 is 11.6 Å². The molecule has 0 aliphatic carbocycles. The van der Waals surface area contributed by atoms with Crippen molar-refractivity contribution >= 4 is 34.6 Å². The van der Waals surface area contributed by atoms with Gasteiger partial charge in [-0.25, -0.2) is 8.78 Å². The van der Waals surface area contributed by atoms with Crippen molar-refractivity contribution in [1.82, 2.24) is 0 Å². The normalized spacial score (nSPS) is 10.8. The van der Waals surface area contributed by atoms with Crippen molar-refractivity contribution in [2.75, 3.05) is 16.4 Å². The summed E-state index contributed by atoms with van der Waals surface area (Å²) in [7, 11) is 0. The molecule has 2 aromatic rings. The average Bonchev–Trinajstić information content (AvgIpc) is 2.54. The van der Waals surface area contributed by atoms with E-state index in [-0.39, 0.29) is 16.3 Å². The highest BCUT2D eigenvalue weighted by molar-refractivity contribution is 6.33. The number of hydrogen-bond donors (Lipinski definition) is 3. The summed E-state index contributed by atoms with van der Waals surface area (Å²) in [5.41, 5.74) is 5.69. The van der Waals surface area contributed by atoms with Crippen LogP contribution in [0.3, 0.4) is 0 Å². The molecule has 2 rings (SSSR count). The van der Waals surface area contributed by atoms with E-state index in [2.05, 4.69) is 10.6 Å². The minimum Gasteiger partial charge on any atom is -0.398 e. The number of anilines is 3. The molecule has 4 N–H and O–H groups in total. The number of nitrogens with two attached hydrogens (primary N) is 1. The van der Waals surface area contributed by atoms with Gasteiger partial charge >= 0.3 is 0 Å². The van der Waals surface area contributed by atoms with Crippen LogP contribution in [0, 0.1) is 23.0 Å². The molecule has 2 aromatic carbocycles. The Kier molecular flexibility index (Phi) is 5.35. The summed E-state index contributed by atoms with van der Waals surface area (Å²) in [6.07, 6.45) is 0.978. The zero-order valence-corrected chi connectivity index (χ0v) is 12.9. The SMILES string of the molecule is N#C/C(=C/Nc1cc(F)ccc1F)C(=O)Nc1ccc(N)c(Cl)c1. The number of nitrogens with one attached hydrogen (secondary N) is 2. The predicted octanol–water partition coefficient (Wildman–Crippen LogP) is 3.66. The number of nitrogen functional groups attached to an aromatic ring is 1. The standard InChI is InChI=1S/C16H11ClF2N4O/c17-12-6-11(2-4-14(12)21)23-16(24)9(7-20)8-22-15-5-10(18)1-3-13(15)19/h1-6,8,22H,21H2,(H,23,24)/b9-8-. The van der Waals surface area contributed by atoms with E-state index in [0.717, 1.165) is 24.4 Å². The molecule has 0 spiro atoms. The van der Waals surface area contributed by atoms with Gasteiger partial charge in [-0.1, -0.05) is 11.6 Å². The Labute approximate surface area is 141 Å². The molecule has 0 aromatic heterocycles. The van der Waals surface area contributed by atoms with Gasteiger partial charge in [-0.05, 0) is 30.3 Å². The molecule has 5 nitrogen and oxygen atoms in total. The van der Waals surface area contributed by atoms with Crippen molar-refractivity contribution < 1.29 is 13.6 Å². The van der Waals surface area contributed by atoms with Crippen molar-refractivity contribution in [3.05, 3.63) is 64.8 Å². The maximum Gasteiger partial charge on any atom is 0.267 e. The van der Waals surface area contributed by atoms with Gasteiger partial charge in [0.2, 0.25) is 0 Å². The summed E-state index contributed by atoms with van der Waals surface area (Å²) in [5.74, 6) is -2.13. The molecule has 0 atom stereocenters. The molecule has 0 radical (unpaired) electrons. The van der Waals surface area contributed by atoms with E-state index in [1.54, 1.807) is 6.07 Å². The number of nitriles is 1. The van der Waals surface area contributed by atoms with Crippen LogP contribution in [0.1, 0.15) is 0 Å². The molecule has 0 heterocycles. The summed E-state index contributed by atoms with van der Waals surface area (Å²) in [4.78, 5) is 12.0. The third kappa shape index (κ3) is 4.21. The molecule has 1 amide bonds. The zero-order chi connectivity index (χ0) is 17.7.